The van der Waals surface area contributed by atoms with E-state index in [1.165, 1.54) is 5.39 Å². The summed E-state index contributed by atoms with van der Waals surface area (Å²) in [7, 11) is 0. The number of benzene rings is 1. The van der Waals surface area contributed by atoms with Gasteiger partial charge in [0.05, 0.1) is 11.6 Å². The van der Waals surface area contributed by atoms with Crippen LogP contribution in [0, 0.1) is 11.3 Å². The molecule has 0 bridgehead atoms. The molecule has 16 heavy (non-hydrogen) atoms. The third-order valence-corrected chi connectivity index (χ3v) is 2.68. The van der Waals surface area contributed by atoms with Gasteiger partial charge in [-0.3, -0.25) is 0 Å². The Hall–Kier alpha value is -1.79. The molecule has 1 aromatic heterocycles. The maximum atomic E-state index is 8.87. The molecular formula is C13H15N3. The Morgan fingerprint density at radius 2 is 2.25 bits per heavy atom. The first-order chi connectivity index (χ1) is 7.85. The monoisotopic (exact) mass is 213 g/mol. The van der Waals surface area contributed by atoms with Gasteiger partial charge in [0.25, 0.3) is 0 Å². The molecule has 0 saturated heterocycles. The molecule has 0 spiro atoms. The summed E-state index contributed by atoms with van der Waals surface area (Å²) in [5.41, 5.74) is 1.85. The zero-order chi connectivity index (χ0) is 11.4. The van der Waals surface area contributed by atoms with Crippen molar-refractivity contribution < 1.29 is 0 Å². The molecule has 1 aromatic carbocycles. The average Bonchev–Trinajstić information content (AvgIpc) is 2.72. The second-order valence-electron chi connectivity index (χ2n) is 3.75. The smallest absolute Gasteiger partial charge is 0.0992 e. The predicted molar refractivity (Wildman–Crippen MR) is 65.2 cm³/mol. The lowest BCUT2D eigenvalue weighted by Crippen LogP contribution is -2.18. The normalized spacial score (nSPS) is 10.5. The van der Waals surface area contributed by atoms with E-state index in [1.807, 2.05) is 18.2 Å². The molecule has 82 valence electrons. The topological polar surface area (TPSA) is 40.8 Å². The molecule has 0 atom stereocenters. The van der Waals surface area contributed by atoms with Gasteiger partial charge in [-0.15, -0.1) is 0 Å². The summed E-state index contributed by atoms with van der Waals surface area (Å²) < 4.78 is 2.18. The molecule has 0 aliphatic carbocycles. The van der Waals surface area contributed by atoms with Gasteiger partial charge < -0.3 is 9.88 Å². The molecule has 0 aliphatic heterocycles. The van der Waals surface area contributed by atoms with Crippen molar-refractivity contribution in [3.05, 3.63) is 36.0 Å². The first-order valence-electron chi connectivity index (χ1n) is 5.55. The Morgan fingerprint density at radius 1 is 1.38 bits per heavy atom. The molecule has 0 saturated carbocycles. The highest BCUT2D eigenvalue weighted by molar-refractivity contribution is 5.81. The highest BCUT2D eigenvalue weighted by Gasteiger charge is 2.01. The van der Waals surface area contributed by atoms with Crippen molar-refractivity contribution in [1.29, 1.82) is 5.26 Å². The van der Waals surface area contributed by atoms with Crippen LogP contribution in [0.2, 0.25) is 0 Å². The Kier molecular flexibility index (Phi) is 3.23. The van der Waals surface area contributed by atoms with Crippen LogP contribution in [0.25, 0.3) is 10.9 Å². The second-order valence-corrected chi connectivity index (χ2v) is 3.75. The number of aromatic nitrogens is 1. The minimum Gasteiger partial charge on any atom is -0.346 e. The molecule has 0 aliphatic rings. The Labute approximate surface area is 95.3 Å². The Morgan fingerprint density at radius 3 is 3.00 bits per heavy atom. The fourth-order valence-electron chi connectivity index (χ4n) is 1.82. The van der Waals surface area contributed by atoms with Crippen molar-refractivity contribution in [2.45, 2.75) is 13.5 Å². The van der Waals surface area contributed by atoms with Gasteiger partial charge >= 0.3 is 0 Å². The molecule has 0 amide bonds. The number of rotatable bonds is 4. The summed E-state index contributed by atoms with van der Waals surface area (Å²) in [6, 6.07) is 10.1. The van der Waals surface area contributed by atoms with Gasteiger partial charge in [0.2, 0.25) is 0 Å². The Balaban J connectivity index is 2.28. The first-order valence-corrected chi connectivity index (χ1v) is 5.55. The number of nitriles is 1. The van der Waals surface area contributed by atoms with E-state index in [0.717, 1.165) is 30.7 Å². The largest absolute Gasteiger partial charge is 0.346 e. The third-order valence-electron chi connectivity index (χ3n) is 2.68. The van der Waals surface area contributed by atoms with E-state index in [1.54, 1.807) is 0 Å². The average molecular weight is 213 g/mol. The number of hydrogen-bond acceptors (Lipinski definition) is 2. The van der Waals surface area contributed by atoms with E-state index in [2.05, 4.69) is 35.1 Å². The number of likely N-dealkylation sites (N-methyl/N-ethyl adjacent to an activating group) is 1. The van der Waals surface area contributed by atoms with Crippen LogP contribution in [0.15, 0.2) is 30.5 Å². The molecular weight excluding hydrogens is 198 g/mol. The van der Waals surface area contributed by atoms with Gasteiger partial charge in [0, 0.05) is 24.8 Å². The van der Waals surface area contributed by atoms with E-state index in [9.17, 15) is 0 Å². The highest BCUT2D eigenvalue weighted by Crippen LogP contribution is 2.17. The van der Waals surface area contributed by atoms with Gasteiger partial charge in [0.15, 0.2) is 0 Å². The van der Waals surface area contributed by atoms with Gasteiger partial charge in [-0.2, -0.15) is 5.26 Å². The molecule has 0 radical (unpaired) electrons. The van der Waals surface area contributed by atoms with Gasteiger partial charge in [-0.25, -0.2) is 0 Å². The maximum Gasteiger partial charge on any atom is 0.0992 e. The van der Waals surface area contributed by atoms with Gasteiger partial charge in [-0.05, 0) is 30.1 Å². The van der Waals surface area contributed by atoms with Crippen LogP contribution in [0.5, 0.6) is 0 Å². The van der Waals surface area contributed by atoms with Crippen molar-refractivity contribution in [2.75, 3.05) is 13.1 Å². The summed E-state index contributed by atoms with van der Waals surface area (Å²) in [4.78, 5) is 0. The summed E-state index contributed by atoms with van der Waals surface area (Å²) >= 11 is 0. The van der Waals surface area contributed by atoms with Crippen molar-refractivity contribution >= 4 is 10.9 Å². The quantitative estimate of drug-likeness (QED) is 0.790. The lowest BCUT2D eigenvalue weighted by molar-refractivity contribution is 0.627. The van der Waals surface area contributed by atoms with E-state index in [0.29, 0.717) is 0 Å². The highest BCUT2D eigenvalue weighted by atomic mass is 15.0. The number of hydrogen-bond donors (Lipinski definition) is 1. The van der Waals surface area contributed by atoms with E-state index >= 15 is 0 Å². The molecule has 3 heteroatoms. The molecule has 3 nitrogen and oxygen atoms in total. The number of nitrogens with zero attached hydrogens (tertiary/aromatic N) is 2. The SMILES string of the molecule is CCNCCn1ccc2ccc(C#N)cc21. The molecule has 1 N–H and O–H groups in total. The zero-order valence-corrected chi connectivity index (χ0v) is 9.40. The summed E-state index contributed by atoms with van der Waals surface area (Å²) in [5.74, 6) is 0. The Bertz CT molecular complexity index is 519. The lowest BCUT2D eigenvalue weighted by Gasteiger charge is -2.05. The van der Waals surface area contributed by atoms with Crippen LogP contribution in [-0.4, -0.2) is 17.7 Å². The van der Waals surface area contributed by atoms with E-state index in [4.69, 9.17) is 5.26 Å². The number of fused-ring (bicyclic) bond motifs is 1. The van der Waals surface area contributed by atoms with Gasteiger partial charge in [-0.1, -0.05) is 13.0 Å². The molecule has 2 aromatic rings. The fraction of sp³-hybridized carbons (Fsp3) is 0.308. The van der Waals surface area contributed by atoms with Crippen LogP contribution in [-0.2, 0) is 6.54 Å². The molecule has 0 fully saturated rings. The van der Waals surface area contributed by atoms with Crippen molar-refractivity contribution in [2.24, 2.45) is 0 Å². The molecule has 1 heterocycles. The van der Waals surface area contributed by atoms with Crippen molar-refractivity contribution in [3.8, 4) is 6.07 Å². The molecule has 0 unspecified atom stereocenters. The van der Waals surface area contributed by atoms with Crippen LogP contribution >= 0.6 is 0 Å². The predicted octanol–water partition coefficient (Wildman–Crippen LogP) is 2.12. The zero-order valence-electron chi connectivity index (χ0n) is 9.40. The van der Waals surface area contributed by atoms with Crippen LogP contribution in [0.4, 0.5) is 0 Å². The van der Waals surface area contributed by atoms with Crippen LogP contribution in [0.3, 0.4) is 0 Å². The fourth-order valence-corrected chi connectivity index (χ4v) is 1.82. The minimum atomic E-state index is 0.718. The first kappa shape index (κ1) is 10.7. The standard InChI is InChI=1S/C13H15N3/c1-2-15-6-8-16-7-5-12-4-3-11(10-14)9-13(12)16/h3-5,7,9,15H,2,6,8H2,1H3. The van der Waals surface area contributed by atoms with E-state index < -0.39 is 0 Å². The van der Waals surface area contributed by atoms with Gasteiger partial charge in [0.1, 0.15) is 0 Å². The number of nitrogens with one attached hydrogen (secondary N) is 1. The summed E-state index contributed by atoms with van der Waals surface area (Å²) in [6.07, 6.45) is 2.07. The second kappa shape index (κ2) is 4.82. The minimum absolute atomic E-state index is 0.718. The van der Waals surface area contributed by atoms with Crippen LogP contribution in [0.1, 0.15) is 12.5 Å². The van der Waals surface area contributed by atoms with Crippen LogP contribution < -0.4 is 5.32 Å². The van der Waals surface area contributed by atoms with E-state index in [-0.39, 0.29) is 0 Å². The third kappa shape index (κ3) is 2.07. The lowest BCUT2D eigenvalue weighted by atomic mass is 10.2. The van der Waals surface area contributed by atoms with Crippen molar-refractivity contribution in [1.82, 2.24) is 9.88 Å². The summed E-state index contributed by atoms with van der Waals surface area (Å²) in [5, 5.41) is 13.4. The maximum absolute atomic E-state index is 8.87. The summed E-state index contributed by atoms with van der Waals surface area (Å²) in [6.45, 7) is 4.98. The van der Waals surface area contributed by atoms with Crippen molar-refractivity contribution in [3.63, 3.8) is 0 Å². The molecule has 2 rings (SSSR count).